The SMILES string of the molecule is COC1=N[C@@]2(C)C3C1[C@@H]1N=C(OC)[C@@]3(C#N)[C@@H]2C=C1C#N. The Morgan fingerprint density at radius 2 is 2.05 bits per heavy atom. The fourth-order valence-electron chi connectivity index (χ4n) is 4.88. The van der Waals surface area contributed by atoms with Crippen LogP contribution >= 0.6 is 0 Å². The van der Waals surface area contributed by atoms with E-state index in [1.165, 1.54) is 7.11 Å². The van der Waals surface area contributed by atoms with Crippen molar-refractivity contribution in [1.82, 2.24) is 0 Å². The van der Waals surface area contributed by atoms with Crippen molar-refractivity contribution < 1.29 is 9.47 Å². The Hall–Kier alpha value is -2.34. The van der Waals surface area contributed by atoms with Crippen LogP contribution in [0.3, 0.4) is 0 Å². The zero-order chi connectivity index (χ0) is 15.0. The van der Waals surface area contributed by atoms with Crippen molar-refractivity contribution in [3.63, 3.8) is 0 Å². The van der Waals surface area contributed by atoms with Crippen LogP contribution in [0.4, 0.5) is 0 Å². The summed E-state index contributed by atoms with van der Waals surface area (Å²) in [5.41, 5.74) is -0.651. The van der Waals surface area contributed by atoms with Crippen LogP contribution in [-0.4, -0.2) is 37.6 Å². The minimum absolute atomic E-state index is 0.0468. The molecule has 2 unspecified atom stereocenters. The molecule has 6 atom stereocenters. The van der Waals surface area contributed by atoms with Crippen molar-refractivity contribution in [1.29, 1.82) is 10.5 Å². The lowest BCUT2D eigenvalue weighted by Crippen LogP contribution is -2.70. The predicted molar refractivity (Wildman–Crippen MR) is 73.3 cm³/mol. The lowest BCUT2D eigenvalue weighted by molar-refractivity contribution is -0.0396. The summed E-state index contributed by atoms with van der Waals surface area (Å²) in [6, 6.07) is 4.31. The Morgan fingerprint density at radius 1 is 1.29 bits per heavy atom. The number of hydrogen-bond donors (Lipinski definition) is 0. The molecular weight excluding hydrogens is 268 g/mol. The van der Waals surface area contributed by atoms with Gasteiger partial charge in [0.25, 0.3) is 0 Å². The fraction of sp³-hybridized carbons (Fsp3) is 0.600. The first-order valence-electron chi connectivity index (χ1n) is 6.87. The van der Waals surface area contributed by atoms with Crippen molar-refractivity contribution >= 4 is 11.8 Å². The molecule has 106 valence electrons. The number of rotatable bonds is 0. The summed E-state index contributed by atoms with van der Waals surface area (Å²) in [5.74, 6) is 0.649. The van der Waals surface area contributed by atoms with E-state index < -0.39 is 11.0 Å². The number of ether oxygens (including phenoxy) is 2. The van der Waals surface area contributed by atoms with Gasteiger partial charge in [-0.3, -0.25) is 0 Å². The Morgan fingerprint density at radius 3 is 2.62 bits per heavy atom. The number of hydrogen-bond acceptors (Lipinski definition) is 6. The molecule has 2 aliphatic carbocycles. The van der Waals surface area contributed by atoms with E-state index in [0.717, 1.165) is 0 Å². The van der Waals surface area contributed by atoms with Crippen molar-refractivity contribution in [2.45, 2.75) is 18.5 Å². The van der Waals surface area contributed by atoms with E-state index in [-0.39, 0.29) is 23.8 Å². The van der Waals surface area contributed by atoms with Crippen molar-refractivity contribution in [3.05, 3.63) is 11.6 Å². The molecule has 3 aliphatic heterocycles. The fourth-order valence-corrected chi connectivity index (χ4v) is 4.88. The normalized spacial score (nSPS) is 48.0. The van der Waals surface area contributed by atoms with Crippen LogP contribution in [0.2, 0.25) is 0 Å². The van der Waals surface area contributed by atoms with Crippen molar-refractivity contribution in [2.75, 3.05) is 14.2 Å². The third-order valence-corrected chi connectivity index (χ3v) is 5.57. The molecule has 3 heterocycles. The maximum atomic E-state index is 9.87. The summed E-state index contributed by atoms with van der Waals surface area (Å²) in [6.07, 6.45) is 1.88. The minimum Gasteiger partial charge on any atom is -0.484 e. The first-order valence-corrected chi connectivity index (χ1v) is 6.87. The van der Waals surface area contributed by atoms with Gasteiger partial charge in [-0.25, -0.2) is 9.98 Å². The predicted octanol–water partition coefficient (Wildman–Crippen LogP) is 1.07. The van der Waals surface area contributed by atoms with E-state index in [1.54, 1.807) is 7.11 Å². The summed E-state index contributed by atoms with van der Waals surface area (Å²) >= 11 is 0. The Labute approximate surface area is 122 Å². The second-order valence-corrected chi connectivity index (χ2v) is 6.16. The number of nitrogens with zero attached hydrogens (tertiary/aromatic N) is 4. The molecule has 21 heavy (non-hydrogen) atoms. The Balaban J connectivity index is 2.03. The molecule has 6 heteroatoms. The molecule has 0 saturated heterocycles. The van der Waals surface area contributed by atoms with Crippen LogP contribution in [0.5, 0.6) is 0 Å². The molecule has 1 saturated carbocycles. The summed E-state index contributed by atoms with van der Waals surface area (Å²) in [4.78, 5) is 9.29. The highest BCUT2D eigenvalue weighted by Crippen LogP contribution is 2.71. The van der Waals surface area contributed by atoms with Gasteiger partial charge in [0.05, 0.1) is 49.4 Å². The van der Waals surface area contributed by atoms with Gasteiger partial charge in [-0.15, -0.1) is 0 Å². The first kappa shape index (κ1) is 12.4. The van der Waals surface area contributed by atoms with Crippen molar-refractivity contribution in [3.8, 4) is 12.1 Å². The van der Waals surface area contributed by atoms with Crippen LogP contribution in [0, 0.1) is 45.8 Å². The van der Waals surface area contributed by atoms with Gasteiger partial charge in [0.15, 0.2) is 5.90 Å². The molecule has 0 spiro atoms. The lowest BCUT2D eigenvalue weighted by Gasteiger charge is -2.60. The molecule has 1 fully saturated rings. The Kier molecular flexibility index (Phi) is 2.04. The van der Waals surface area contributed by atoms with Crippen LogP contribution < -0.4 is 0 Å². The van der Waals surface area contributed by atoms with Gasteiger partial charge in [0.1, 0.15) is 5.41 Å². The zero-order valence-corrected chi connectivity index (χ0v) is 12.0. The highest BCUT2D eigenvalue weighted by molar-refractivity contribution is 5.97. The van der Waals surface area contributed by atoms with Gasteiger partial charge in [-0.2, -0.15) is 10.5 Å². The molecule has 0 aromatic rings. The van der Waals surface area contributed by atoms with Crippen LogP contribution in [0.25, 0.3) is 0 Å². The summed E-state index contributed by atoms with van der Waals surface area (Å²) in [6.45, 7) is 2.03. The molecule has 6 nitrogen and oxygen atoms in total. The second-order valence-electron chi connectivity index (χ2n) is 6.16. The average molecular weight is 282 g/mol. The van der Waals surface area contributed by atoms with E-state index in [0.29, 0.717) is 17.4 Å². The molecule has 0 aromatic carbocycles. The van der Waals surface area contributed by atoms with Crippen LogP contribution in [-0.2, 0) is 9.47 Å². The van der Waals surface area contributed by atoms with Gasteiger partial charge in [0, 0.05) is 11.8 Å². The van der Waals surface area contributed by atoms with Gasteiger partial charge >= 0.3 is 0 Å². The lowest BCUT2D eigenvalue weighted by atomic mass is 9.41. The van der Waals surface area contributed by atoms with E-state index in [4.69, 9.17) is 14.5 Å². The quantitative estimate of drug-likeness (QED) is 0.664. The molecule has 0 amide bonds. The van der Waals surface area contributed by atoms with Crippen LogP contribution in [0.1, 0.15) is 6.92 Å². The van der Waals surface area contributed by atoms with E-state index >= 15 is 0 Å². The maximum absolute atomic E-state index is 9.87. The molecule has 5 rings (SSSR count). The van der Waals surface area contributed by atoms with Crippen LogP contribution in [0.15, 0.2) is 21.6 Å². The van der Waals surface area contributed by atoms with Crippen molar-refractivity contribution in [2.24, 2.45) is 33.2 Å². The van der Waals surface area contributed by atoms with Gasteiger partial charge < -0.3 is 9.47 Å². The number of nitriles is 2. The molecule has 0 N–H and O–H groups in total. The highest BCUT2D eigenvalue weighted by atomic mass is 16.5. The zero-order valence-electron chi connectivity index (χ0n) is 12.0. The third kappa shape index (κ3) is 1.00. The molecule has 0 aromatic heterocycles. The maximum Gasteiger partial charge on any atom is 0.205 e. The van der Waals surface area contributed by atoms with E-state index in [1.807, 2.05) is 13.0 Å². The highest BCUT2D eigenvalue weighted by Gasteiger charge is 2.81. The molecular formula is C15H14N4O2. The summed E-state index contributed by atoms with van der Waals surface area (Å²) < 4.78 is 10.9. The topological polar surface area (TPSA) is 90.8 Å². The second kappa shape index (κ2) is 3.46. The first-order chi connectivity index (χ1) is 10.1. The summed E-state index contributed by atoms with van der Waals surface area (Å²) in [7, 11) is 3.12. The summed E-state index contributed by atoms with van der Waals surface area (Å²) in [5, 5.41) is 19.3. The van der Waals surface area contributed by atoms with E-state index in [2.05, 4.69) is 17.1 Å². The van der Waals surface area contributed by atoms with Gasteiger partial charge in [-0.1, -0.05) is 6.08 Å². The third-order valence-electron chi connectivity index (χ3n) is 5.57. The largest absolute Gasteiger partial charge is 0.484 e. The average Bonchev–Trinajstić information content (AvgIpc) is 2.62. The van der Waals surface area contributed by atoms with Gasteiger partial charge in [-0.05, 0) is 6.92 Å². The monoisotopic (exact) mass is 282 g/mol. The Bertz CT molecular complexity index is 725. The smallest absolute Gasteiger partial charge is 0.205 e. The standard InChI is InChI=1S/C15H14N4O2/c1-14-8-4-7(5-16)10-9(12(19-14)20-2)11(14)15(8,6-17)13(18-10)21-3/h4,8-11H,1-3H3/t8-,9?,10-,11?,14-,15+/m1/s1. The molecule has 4 bridgehead atoms. The number of aliphatic imine (C=N–C) groups is 2. The minimum atomic E-state index is -0.826. The molecule has 0 radical (unpaired) electrons. The number of methoxy groups -OCH3 is 2. The van der Waals surface area contributed by atoms with Gasteiger partial charge in [0.2, 0.25) is 5.90 Å². The van der Waals surface area contributed by atoms with E-state index in [9.17, 15) is 10.5 Å². The molecule has 5 aliphatic rings.